The molecule has 10 rings (SSSR count). The van der Waals surface area contributed by atoms with Crippen LogP contribution in [0.2, 0.25) is 0 Å². The maximum absolute atomic E-state index is 2.57. The fraction of sp³-hybridized carbons (Fsp3) is 0.179. The van der Waals surface area contributed by atoms with Crippen molar-refractivity contribution < 1.29 is 0 Å². The molecule has 0 fully saturated rings. The Morgan fingerprint density at radius 3 is 1.20 bits per heavy atom. The molecule has 0 aliphatic carbocycles. The monoisotopic (exact) mass is 833 g/mol. The van der Waals surface area contributed by atoms with E-state index in [1.165, 1.54) is 70.4 Å². The molecule has 0 amide bonds. The molecule has 306 valence electrons. The highest BCUT2D eigenvalue weighted by Gasteiger charge is 2.30. The third kappa shape index (κ3) is 6.70. The summed E-state index contributed by atoms with van der Waals surface area (Å²) in [5.41, 5.74) is 11.7. The van der Waals surface area contributed by atoms with E-state index in [0.29, 0.717) is 0 Å². The Kier molecular flexibility index (Phi) is 9.24. The fourth-order valence-electron chi connectivity index (χ4n) is 9.38. The van der Waals surface area contributed by atoms with Crippen LogP contribution in [0, 0.1) is 0 Å². The summed E-state index contributed by atoms with van der Waals surface area (Å²) in [5, 5.41) is 7.67. The molecule has 0 radical (unpaired) electrons. The second-order valence-electron chi connectivity index (χ2n) is 19.1. The van der Waals surface area contributed by atoms with E-state index in [9.17, 15) is 0 Å². The van der Waals surface area contributed by atoms with Crippen LogP contribution in [0.3, 0.4) is 0 Å². The number of nitrogens with zero attached hydrogens (tertiary/aromatic N) is 3. The molecule has 0 saturated heterocycles. The van der Waals surface area contributed by atoms with Gasteiger partial charge in [-0.15, -0.1) is 0 Å². The van der Waals surface area contributed by atoms with E-state index in [1.807, 2.05) is 0 Å². The molecule has 1 aliphatic rings. The third-order valence-electron chi connectivity index (χ3n) is 12.3. The Morgan fingerprint density at radius 2 is 0.754 bits per heavy atom. The van der Waals surface area contributed by atoms with Crippen LogP contribution < -0.4 is 14.7 Å². The van der Waals surface area contributed by atoms with Crippen molar-refractivity contribution in [2.24, 2.45) is 0 Å². The van der Waals surface area contributed by atoms with Gasteiger partial charge in [0.2, 0.25) is 0 Å². The molecule has 9 aromatic rings. The smallest absolute Gasteiger partial charge is 0.0582 e. The lowest BCUT2D eigenvalue weighted by Gasteiger charge is -2.38. The topological polar surface area (TPSA) is 9.72 Å². The largest absolute Gasteiger partial charge is 0.310 e. The van der Waals surface area contributed by atoms with Crippen molar-refractivity contribution >= 4 is 104 Å². The zero-order chi connectivity index (χ0) is 42.4. The Hall–Kier alpha value is -5.88. The Balaban J connectivity index is 1.43. The van der Waals surface area contributed by atoms with E-state index in [2.05, 4.69) is 243 Å². The van der Waals surface area contributed by atoms with Crippen LogP contribution in [-0.4, -0.2) is 37.5 Å². The van der Waals surface area contributed by atoms with Crippen molar-refractivity contribution in [3.05, 3.63) is 175 Å². The highest BCUT2D eigenvalue weighted by molar-refractivity contribution is 8.32. The van der Waals surface area contributed by atoms with Gasteiger partial charge < -0.3 is 14.7 Å². The van der Waals surface area contributed by atoms with Crippen LogP contribution in [0.15, 0.2) is 180 Å². The van der Waals surface area contributed by atoms with Crippen LogP contribution >= 0.6 is 20.1 Å². The minimum atomic E-state index is -1.17. The molecule has 9 aromatic carbocycles. The standard InChI is InChI=1S/C56H55N3S2/c1-56(2,3)40-33-38-29-31-46-50-37-51(47-32-30-39(34-40)54(38)55(46)47)59(49-26-14-16-28-53(49)61(7,8)9)45-24-18-22-43(36-45)57(41-19-11-10-12-20-41)42-21-17-23-44(35-42)58(50)48-25-13-15-27-52(48)60(4,5)6/h10-37H,1-9H3. The summed E-state index contributed by atoms with van der Waals surface area (Å²) in [7, 11) is -2.34. The van der Waals surface area contributed by atoms with Gasteiger partial charge in [-0.3, -0.25) is 0 Å². The molecule has 5 heteroatoms. The lowest BCUT2D eigenvalue weighted by atomic mass is 9.83. The van der Waals surface area contributed by atoms with Gasteiger partial charge in [-0.05, 0) is 144 Å². The minimum absolute atomic E-state index is 0.0177. The second kappa shape index (κ2) is 14.4. The fourth-order valence-corrected chi connectivity index (χ4v) is 11.9. The SMILES string of the molecule is CC(C)(C)c1cc2ccc3c4cc(c5ccc(c1)c2c35)N(c1ccccc1S(C)(C)C)c1cccc(c1)N(c1ccccc1)c1cccc(c1)N4c1ccccc1S(C)(C)C. The van der Waals surface area contributed by atoms with Crippen molar-refractivity contribution in [1.29, 1.82) is 0 Å². The number of hydrogen-bond acceptors (Lipinski definition) is 3. The lowest BCUT2D eigenvalue weighted by molar-refractivity contribution is 0.591. The van der Waals surface area contributed by atoms with E-state index < -0.39 is 20.1 Å². The maximum Gasteiger partial charge on any atom is 0.0582 e. The molecule has 0 saturated carbocycles. The lowest BCUT2D eigenvalue weighted by Crippen LogP contribution is -2.19. The van der Waals surface area contributed by atoms with E-state index in [-0.39, 0.29) is 5.41 Å². The zero-order valence-electron chi connectivity index (χ0n) is 36.8. The predicted octanol–water partition coefficient (Wildman–Crippen LogP) is 16.7. The molecule has 0 N–H and O–H groups in total. The first-order valence-electron chi connectivity index (χ1n) is 21.1. The minimum Gasteiger partial charge on any atom is -0.310 e. The van der Waals surface area contributed by atoms with E-state index in [1.54, 1.807) is 0 Å². The Labute approximate surface area is 365 Å². The molecular weight excluding hydrogens is 779 g/mol. The van der Waals surface area contributed by atoms with Crippen LogP contribution in [0.25, 0.3) is 32.3 Å². The van der Waals surface area contributed by atoms with E-state index in [4.69, 9.17) is 0 Å². The van der Waals surface area contributed by atoms with Gasteiger partial charge in [0.1, 0.15) is 0 Å². The Bertz CT molecular complexity index is 2940. The number of anilines is 9. The van der Waals surface area contributed by atoms with Crippen LogP contribution in [-0.2, 0) is 5.41 Å². The van der Waals surface area contributed by atoms with Gasteiger partial charge >= 0.3 is 0 Å². The van der Waals surface area contributed by atoms with Crippen molar-refractivity contribution in [2.75, 3.05) is 52.2 Å². The number of para-hydroxylation sites is 3. The van der Waals surface area contributed by atoms with Crippen LogP contribution in [0.5, 0.6) is 0 Å². The quantitative estimate of drug-likeness (QED) is 0.160. The summed E-state index contributed by atoms with van der Waals surface area (Å²) in [6, 6.07) is 64.3. The summed E-state index contributed by atoms with van der Waals surface area (Å²) < 4.78 is 0. The second-order valence-corrected chi connectivity index (χ2v) is 27.3. The summed E-state index contributed by atoms with van der Waals surface area (Å²) >= 11 is 0. The Morgan fingerprint density at radius 1 is 0.344 bits per heavy atom. The van der Waals surface area contributed by atoms with Crippen molar-refractivity contribution in [3.8, 4) is 0 Å². The molecule has 0 aromatic heterocycles. The summed E-state index contributed by atoms with van der Waals surface area (Å²) in [5.74, 6) is 0. The molecule has 0 unspecified atom stereocenters. The van der Waals surface area contributed by atoms with Gasteiger partial charge in [0.25, 0.3) is 0 Å². The molecule has 3 nitrogen and oxygen atoms in total. The van der Waals surface area contributed by atoms with Crippen molar-refractivity contribution in [1.82, 2.24) is 0 Å². The summed E-state index contributed by atoms with van der Waals surface area (Å²) in [4.78, 5) is 10.3. The molecule has 0 spiro atoms. The number of rotatable bonds is 5. The maximum atomic E-state index is 2.57. The predicted molar refractivity (Wildman–Crippen MR) is 274 cm³/mol. The zero-order valence-corrected chi connectivity index (χ0v) is 38.5. The normalized spacial score (nSPS) is 14.1. The molecule has 1 heterocycles. The van der Waals surface area contributed by atoms with Gasteiger partial charge in [0.15, 0.2) is 0 Å². The molecule has 6 bridgehead atoms. The van der Waals surface area contributed by atoms with Crippen LogP contribution in [0.4, 0.5) is 51.2 Å². The van der Waals surface area contributed by atoms with Gasteiger partial charge in [-0.25, -0.2) is 20.1 Å². The first-order chi connectivity index (χ1) is 29.2. The molecular formula is C56H55N3S2. The van der Waals surface area contributed by atoms with Gasteiger partial charge in [0.05, 0.1) is 22.7 Å². The summed E-state index contributed by atoms with van der Waals surface area (Å²) in [6.45, 7) is 6.96. The van der Waals surface area contributed by atoms with Crippen molar-refractivity contribution in [3.63, 3.8) is 0 Å². The van der Waals surface area contributed by atoms with E-state index in [0.717, 1.165) is 28.4 Å². The van der Waals surface area contributed by atoms with Gasteiger partial charge in [0, 0.05) is 54.4 Å². The molecule has 0 atom stereocenters. The van der Waals surface area contributed by atoms with Crippen LogP contribution in [0.1, 0.15) is 26.3 Å². The third-order valence-corrected chi connectivity index (χ3v) is 15.6. The highest BCUT2D eigenvalue weighted by Crippen LogP contribution is 2.58. The molecule has 61 heavy (non-hydrogen) atoms. The average molecular weight is 834 g/mol. The number of hydrogen-bond donors (Lipinski definition) is 0. The first-order valence-corrected chi connectivity index (χ1v) is 26.8. The first kappa shape index (κ1) is 39.3. The van der Waals surface area contributed by atoms with E-state index >= 15 is 0 Å². The van der Waals surface area contributed by atoms with Gasteiger partial charge in [-0.1, -0.05) is 112 Å². The highest BCUT2D eigenvalue weighted by atomic mass is 32.3. The average Bonchev–Trinajstić information content (AvgIpc) is 3.23. The summed E-state index contributed by atoms with van der Waals surface area (Å²) in [6.07, 6.45) is 14.5. The number of fused-ring (bicyclic) bond motifs is 8. The number of benzene rings is 9. The van der Waals surface area contributed by atoms with Gasteiger partial charge in [-0.2, -0.15) is 0 Å². The molecule has 1 aliphatic heterocycles. The van der Waals surface area contributed by atoms with Crippen molar-refractivity contribution in [2.45, 2.75) is 36.0 Å².